The lowest BCUT2D eigenvalue weighted by Gasteiger charge is -2.03. The zero-order chi connectivity index (χ0) is 16.1. The summed E-state index contributed by atoms with van der Waals surface area (Å²) in [5, 5.41) is 0.854. The standard InChI is InChI=1S/C18H16N2O2S/c1-22-17(21)15-9-5-6-13(10-15)12-23-18-19-11-16(20-18)14-7-3-2-4-8-14/h2-11H,12H2,1H3,(H,19,20). The Labute approximate surface area is 138 Å². The molecule has 23 heavy (non-hydrogen) atoms. The van der Waals surface area contributed by atoms with Crippen LogP contribution >= 0.6 is 11.8 Å². The quantitative estimate of drug-likeness (QED) is 0.566. The molecule has 0 spiro atoms. The fourth-order valence-electron chi connectivity index (χ4n) is 2.20. The minimum absolute atomic E-state index is 0.318. The first-order valence-corrected chi connectivity index (χ1v) is 8.15. The largest absolute Gasteiger partial charge is 0.465 e. The number of thioether (sulfide) groups is 1. The maximum Gasteiger partial charge on any atom is 0.337 e. The van der Waals surface area contributed by atoms with Gasteiger partial charge in [0, 0.05) is 5.75 Å². The van der Waals surface area contributed by atoms with E-state index in [-0.39, 0.29) is 5.97 Å². The van der Waals surface area contributed by atoms with E-state index in [0.717, 1.165) is 27.7 Å². The Morgan fingerprint density at radius 2 is 2.00 bits per heavy atom. The zero-order valence-electron chi connectivity index (χ0n) is 12.7. The number of hydrogen-bond donors (Lipinski definition) is 1. The summed E-state index contributed by atoms with van der Waals surface area (Å²) in [5.74, 6) is 0.410. The highest BCUT2D eigenvalue weighted by Gasteiger charge is 2.07. The lowest BCUT2D eigenvalue weighted by Crippen LogP contribution is -2.01. The first kappa shape index (κ1) is 15.4. The van der Waals surface area contributed by atoms with Crippen LogP contribution in [0.1, 0.15) is 15.9 Å². The van der Waals surface area contributed by atoms with Crippen molar-refractivity contribution in [3.63, 3.8) is 0 Å². The summed E-state index contributed by atoms with van der Waals surface area (Å²) in [7, 11) is 1.39. The van der Waals surface area contributed by atoms with Crippen LogP contribution in [-0.2, 0) is 10.5 Å². The predicted octanol–water partition coefficient (Wildman–Crippen LogP) is 4.16. The van der Waals surface area contributed by atoms with Gasteiger partial charge in [-0.1, -0.05) is 54.2 Å². The summed E-state index contributed by atoms with van der Waals surface area (Å²) in [6, 6.07) is 17.5. The highest BCUT2D eigenvalue weighted by atomic mass is 32.2. The predicted molar refractivity (Wildman–Crippen MR) is 91.4 cm³/mol. The van der Waals surface area contributed by atoms with Crippen molar-refractivity contribution in [2.45, 2.75) is 10.9 Å². The molecule has 3 rings (SSSR count). The molecule has 3 aromatic rings. The summed E-state index contributed by atoms with van der Waals surface area (Å²) in [6.07, 6.45) is 1.84. The van der Waals surface area contributed by atoms with Gasteiger partial charge in [-0.2, -0.15) is 0 Å². The third-order valence-electron chi connectivity index (χ3n) is 3.36. The van der Waals surface area contributed by atoms with Gasteiger partial charge in [0.2, 0.25) is 0 Å². The third kappa shape index (κ3) is 3.81. The number of carbonyl (C=O) groups excluding carboxylic acids is 1. The molecule has 0 saturated heterocycles. The van der Waals surface area contributed by atoms with Crippen LogP contribution in [0.2, 0.25) is 0 Å². The van der Waals surface area contributed by atoms with E-state index in [1.54, 1.807) is 17.8 Å². The van der Waals surface area contributed by atoms with E-state index in [0.29, 0.717) is 5.56 Å². The van der Waals surface area contributed by atoms with Crippen molar-refractivity contribution >= 4 is 17.7 Å². The number of imidazole rings is 1. The Kier molecular flexibility index (Phi) is 4.78. The maximum atomic E-state index is 11.6. The summed E-state index contributed by atoms with van der Waals surface area (Å²) in [6.45, 7) is 0. The van der Waals surface area contributed by atoms with Gasteiger partial charge in [-0.15, -0.1) is 0 Å². The number of esters is 1. The number of methoxy groups -OCH3 is 1. The minimum atomic E-state index is -0.318. The Morgan fingerprint density at radius 1 is 1.17 bits per heavy atom. The second-order valence-electron chi connectivity index (χ2n) is 4.95. The molecule has 4 nitrogen and oxygen atoms in total. The Hall–Kier alpha value is -2.53. The van der Waals surface area contributed by atoms with Gasteiger partial charge in [0.1, 0.15) is 0 Å². The summed E-state index contributed by atoms with van der Waals surface area (Å²) in [4.78, 5) is 19.3. The normalized spacial score (nSPS) is 10.5. The molecule has 0 unspecified atom stereocenters. The van der Waals surface area contributed by atoms with Crippen molar-refractivity contribution in [1.82, 2.24) is 9.97 Å². The average molecular weight is 324 g/mol. The molecule has 0 atom stereocenters. The van der Waals surface area contributed by atoms with Crippen LogP contribution in [-0.4, -0.2) is 23.0 Å². The fourth-order valence-corrected chi connectivity index (χ4v) is 2.99. The molecule has 0 saturated carbocycles. The molecule has 116 valence electrons. The molecular weight excluding hydrogens is 308 g/mol. The molecule has 1 N–H and O–H groups in total. The van der Waals surface area contributed by atoms with Crippen LogP contribution in [0, 0.1) is 0 Å². The van der Waals surface area contributed by atoms with E-state index >= 15 is 0 Å². The van der Waals surface area contributed by atoms with Crippen molar-refractivity contribution in [3.8, 4) is 11.3 Å². The number of ether oxygens (including phenoxy) is 1. The summed E-state index contributed by atoms with van der Waals surface area (Å²) in [5.41, 5.74) is 3.72. The monoisotopic (exact) mass is 324 g/mol. The van der Waals surface area contributed by atoms with Gasteiger partial charge >= 0.3 is 5.97 Å². The van der Waals surface area contributed by atoms with Crippen molar-refractivity contribution in [1.29, 1.82) is 0 Å². The van der Waals surface area contributed by atoms with Gasteiger partial charge in [0.25, 0.3) is 0 Å². The molecule has 0 aliphatic carbocycles. The molecule has 0 aliphatic rings. The number of aromatic amines is 1. The van der Waals surface area contributed by atoms with Gasteiger partial charge in [0.05, 0.1) is 24.6 Å². The molecule has 0 aliphatic heterocycles. The smallest absolute Gasteiger partial charge is 0.337 e. The van der Waals surface area contributed by atoms with E-state index in [2.05, 4.69) is 9.97 Å². The number of carbonyl (C=O) groups is 1. The van der Waals surface area contributed by atoms with Gasteiger partial charge in [0.15, 0.2) is 5.16 Å². The van der Waals surface area contributed by atoms with E-state index in [1.807, 2.05) is 54.7 Å². The number of rotatable bonds is 5. The first-order valence-electron chi connectivity index (χ1n) is 7.17. The van der Waals surface area contributed by atoms with Crippen LogP contribution in [0.15, 0.2) is 66.0 Å². The van der Waals surface area contributed by atoms with E-state index < -0.39 is 0 Å². The topological polar surface area (TPSA) is 55.0 Å². The maximum absolute atomic E-state index is 11.6. The van der Waals surface area contributed by atoms with Gasteiger partial charge in [-0.3, -0.25) is 0 Å². The van der Waals surface area contributed by atoms with Crippen molar-refractivity contribution in [2.24, 2.45) is 0 Å². The molecular formula is C18H16N2O2S. The van der Waals surface area contributed by atoms with Crippen molar-refractivity contribution in [3.05, 3.63) is 71.9 Å². The third-order valence-corrected chi connectivity index (χ3v) is 4.32. The van der Waals surface area contributed by atoms with Crippen molar-refractivity contribution in [2.75, 3.05) is 7.11 Å². The lowest BCUT2D eigenvalue weighted by molar-refractivity contribution is 0.0600. The van der Waals surface area contributed by atoms with Gasteiger partial charge in [-0.05, 0) is 23.3 Å². The Balaban J connectivity index is 1.67. The number of aromatic nitrogens is 2. The summed E-state index contributed by atoms with van der Waals surface area (Å²) < 4.78 is 4.74. The number of H-pyrrole nitrogens is 1. The molecule has 2 aromatic carbocycles. The molecule has 1 heterocycles. The van der Waals surface area contributed by atoms with E-state index in [4.69, 9.17) is 4.74 Å². The molecule has 0 fully saturated rings. The highest BCUT2D eigenvalue weighted by Crippen LogP contribution is 2.24. The fraction of sp³-hybridized carbons (Fsp3) is 0.111. The SMILES string of the molecule is COC(=O)c1cccc(CSc2ncc(-c3ccccc3)[nH]2)c1. The highest BCUT2D eigenvalue weighted by molar-refractivity contribution is 7.98. The molecule has 0 radical (unpaired) electrons. The Bertz CT molecular complexity index is 800. The number of benzene rings is 2. The van der Waals surface area contributed by atoms with Gasteiger partial charge in [-0.25, -0.2) is 9.78 Å². The second-order valence-corrected chi connectivity index (χ2v) is 5.91. The zero-order valence-corrected chi connectivity index (χ0v) is 13.5. The van der Waals surface area contributed by atoms with Crippen LogP contribution in [0.3, 0.4) is 0 Å². The number of nitrogens with one attached hydrogen (secondary N) is 1. The molecule has 0 bridgehead atoms. The van der Waals surface area contributed by atoms with E-state index in [9.17, 15) is 4.79 Å². The van der Waals surface area contributed by atoms with Crippen molar-refractivity contribution < 1.29 is 9.53 Å². The summed E-state index contributed by atoms with van der Waals surface area (Å²) >= 11 is 1.60. The van der Waals surface area contributed by atoms with Crippen LogP contribution in [0.25, 0.3) is 11.3 Å². The average Bonchev–Trinajstić information content (AvgIpc) is 3.09. The first-order chi connectivity index (χ1) is 11.3. The van der Waals surface area contributed by atoms with Crippen LogP contribution in [0.4, 0.5) is 0 Å². The number of hydrogen-bond acceptors (Lipinski definition) is 4. The molecule has 0 amide bonds. The molecule has 5 heteroatoms. The van der Waals surface area contributed by atoms with Gasteiger partial charge < -0.3 is 9.72 Å². The Morgan fingerprint density at radius 3 is 2.78 bits per heavy atom. The molecule has 1 aromatic heterocycles. The second kappa shape index (κ2) is 7.15. The lowest BCUT2D eigenvalue weighted by atomic mass is 10.1. The van der Waals surface area contributed by atoms with E-state index in [1.165, 1.54) is 7.11 Å². The minimum Gasteiger partial charge on any atom is -0.465 e. The van der Waals surface area contributed by atoms with Crippen LogP contribution < -0.4 is 0 Å². The van der Waals surface area contributed by atoms with Crippen LogP contribution in [0.5, 0.6) is 0 Å². The number of nitrogens with zero attached hydrogens (tertiary/aromatic N) is 1.